The molecule has 0 aliphatic carbocycles. The van der Waals surface area contributed by atoms with E-state index in [9.17, 15) is 24.9 Å². The first-order valence-corrected chi connectivity index (χ1v) is 7.66. The molecule has 1 aromatic rings. The van der Waals surface area contributed by atoms with E-state index in [2.05, 4.69) is 0 Å². The number of ketones is 1. The van der Waals surface area contributed by atoms with Crippen LogP contribution in [0.2, 0.25) is 0 Å². The molecule has 0 spiro atoms. The van der Waals surface area contributed by atoms with Crippen LogP contribution in [0.1, 0.15) is 35.7 Å². The van der Waals surface area contributed by atoms with Crippen molar-refractivity contribution in [3.63, 3.8) is 0 Å². The van der Waals surface area contributed by atoms with Gasteiger partial charge < -0.3 is 20.1 Å². The number of phenols is 1. The molecular weight excluding hydrogens is 312 g/mol. The van der Waals surface area contributed by atoms with Gasteiger partial charge in [0.15, 0.2) is 5.78 Å². The molecule has 1 aliphatic heterocycles. The minimum atomic E-state index is -1.52. The van der Waals surface area contributed by atoms with Crippen LogP contribution in [0, 0.1) is 0 Å². The molecule has 0 aromatic heterocycles. The van der Waals surface area contributed by atoms with Gasteiger partial charge in [-0.05, 0) is 31.1 Å². The first-order valence-electron chi connectivity index (χ1n) is 7.66. The van der Waals surface area contributed by atoms with Crippen LogP contribution in [0.15, 0.2) is 36.4 Å². The number of benzene rings is 1. The minimum Gasteiger partial charge on any atom is -0.507 e. The van der Waals surface area contributed by atoms with Gasteiger partial charge in [0.05, 0.1) is 6.10 Å². The van der Waals surface area contributed by atoms with Gasteiger partial charge in [0.2, 0.25) is 0 Å². The van der Waals surface area contributed by atoms with Crippen molar-refractivity contribution in [2.75, 3.05) is 0 Å². The number of carbonyl (C=O) groups excluding carboxylic acids is 2. The number of aliphatic hydroxyl groups is 2. The van der Waals surface area contributed by atoms with Crippen molar-refractivity contribution in [1.29, 1.82) is 0 Å². The molecule has 1 heterocycles. The fourth-order valence-electron chi connectivity index (χ4n) is 2.34. The summed E-state index contributed by atoms with van der Waals surface area (Å²) >= 11 is 0. The van der Waals surface area contributed by atoms with E-state index in [1.54, 1.807) is 19.1 Å². The SMILES string of the molecule is C[C@H]1C/C=C\C(=O)[C@@H](O)[C@@H](O)C/C=C/c2cccc(O)c2C(=O)O1. The van der Waals surface area contributed by atoms with Crippen molar-refractivity contribution >= 4 is 17.8 Å². The van der Waals surface area contributed by atoms with E-state index in [0.29, 0.717) is 5.56 Å². The van der Waals surface area contributed by atoms with Gasteiger partial charge in [-0.3, -0.25) is 4.79 Å². The Balaban J connectivity index is 2.38. The standard InChI is InChI=1S/C18H20O6/c1-11-5-2-9-14(20)17(22)15(21)10-4-7-12-6-3-8-13(19)16(12)18(23)24-11/h2-4,6-9,11,15,17,19,21-22H,5,10H2,1H3/b7-4+,9-2-/t11-,15-,17+/m0/s1. The average molecular weight is 332 g/mol. The number of carbonyl (C=O) groups is 2. The largest absolute Gasteiger partial charge is 0.507 e. The van der Waals surface area contributed by atoms with Crippen molar-refractivity contribution in [2.24, 2.45) is 0 Å². The monoisotopic (exact) mass is 332 g/mol. The first-order chi connectivity index (χ1) is 11.4. The number of rotatable bonds is 0. The van der Waals surface area contributed by atoms with Gasteiger partial charge >= 0.3 is 5.97 Å². The fraction of sp³-hybridized carbons (Fsp3) is 0.333. The highest BCUT2D eigenvalue weighted by Gasteiger charge is 2.22. The Morgan fingerprint density at radius 1 is 1.08 bits per heavy atom. The number of ether oxygens (including phenoxy) is 1. The summed E-state index contributed by atoms with van der Waals surface area (Å²) in [5.74, 6) is -1.48. The van der Waals surface area contributed by atoms with Crippen LogP contribution in [-0.4, -0.2) is 45.4 Å². The summed E-state index contributed by atoms with van der Waals surface area (Å²) in [6.45, 7) is 1.65. The van der Waals surface area contributed by atoms with Crippen LogP contribution in [-0.2, 0) is 9.53 Å². The maximum Gasteiger partial charge on any atom is 0.342 e. The molecule has 0 saturated heterocycles. The highest BCUT2D eigenvalue weighted by atomic mass is 16.5. The summed E-state index contributed by atoms with van der Waals surface area (Å²) in [7, 11) is 0. The summed E-state index contributed by atoms with van der Waals surface area (Å²) in [5.41, 5.74) is 0.459. The highest BCUT2D eigenvalue weighted by molar-refractivity contribution is 5.96. The summed E-state index contributed by atoms with van der Waals surface area (Å²) < 4.78 is 5.28. The lowest BCUT2D eigenvalue weighted by molar-refractivity contribution is -0.127. The third-order valence-corrected chi connectivity index (χ3v) is 3.67. The molecule has 6 heteroatoms. The minimum absolute atomic E-state index is 0.0152. The maximum absolute atomic E-state index is 12.3. The Hall–Kier alpha value is -2.44. The number of esters is 1. The zero-order chi connectivity index (χ0) is 17.7. The van der Waals surface area contributed by atoms with Crippen LogP contribution >= 0.6 is 0 Å². The Bertz CT molecular complexity index is 676. The van der Waals surface area contributed by atoms with Gasteiger partial charge in [-0.1, -0.05) is 30.4 Å². The van der Waals surface area contributed by atoms with Gasteiger partial charge in [-0.2, -0.15) is 0 Å². The molecule has 6 nitrogen and oxygen atoms in total. The number of phenolic OH excluding ortho intramolecular Hbond substituents is 1. The van der Waals surface area contributed by atoms with Gasteiger partial charge in [-0.25, -0.2) is 4.79 Å². The molecule has 1 aliphatic rings. The Morgan fingerprint density at radius 3 is 2.54 bits per heavy atom. The lowest BCUT2D eigenvalue weighted by Gasteiger charge is -2.16. The predicted molar refractivity (Wildman–Crippen MR) is 87.4 cm³/mol. The topological polar surface area (TPSA) is 104 Å². The van der Waals surface area contributed by atoms with Crippen LogP contribution < -0.4 is 0 Å². The Labute approximate surface area is 139 Å². The number of hydrogen-bond donors (Lipinski definition) is 3. The highest BCUT2D eigenvalue weighted by Crippen LogP contribution is 2.24. The molecule has 0 amide bonds. The van der Waals surface area contributed by atoms with E-state index in [4.69, 9.17) is 4.74 Å². The second-order valence-corrected chi connectivity index (χ2v) is 5.65. The van der Waals surface area contributed by atoms with Crippen LogP contribution in [0.5, 0.6) is 5.75 Å². The van der Waals surface area contributed by atoms with Crippen LogP contribution in [0.4, 0.5) is 0 Å². The summed E-state index contributed by atoms with van der Waals surface area (Å²) in [6.07, 6.45) is 2.67. The number of hydrogen-bond acceptors (Lipinski definition) is 6. The molecule has 24 heavy (non-hydrogen) atoms. The summed E-state index contributed by atoms with van der Waals surface area (Å²) in [4.78, 5) is 24.0. The Morgan fingerprint density at radius 2 is 1.79 bits per heavy atom. The maximum atomic E-state index is 12.3. The van der Waals surface area contributed by atoms with Crippen molar-refractivity contribution < 1.29 is 29.6 Å². The fourth-order valence-corrected chi connectivity index (χ4v) is 2.34. The van der Waals surface area contributed by atoms with E-state index in [-0.39, 0.29) is 24.2 Å². The lowest BCUT2D eigenvalue weighted by atomic mass is 10.0. The van der Waals surface area contributed by atoms with Gasteiger partial charge in [-0.15, -0.1) is 0 Å². The van der Waals surface area contributed by atoms with E-state index in [1.165, 1.54) is 30.4 Å². The second kappa shape index (κ2) is 7.90. The quantitative estimate of drug-likeness (QED) is 0.623. The van der Waals surface area contributed by atoms with E-state index < -0.39 is 30.1 Å². The first kappa shape index (κ1) is 17.9. The molecule has 0 saturated carbocycles. The summed E-state index contributed by atoms with van der Waals surface area (Å²) in [6, 6.07) is 4.59. The molecule has 3 N–H and O–H groups in total. The summed E-state index contributed by atoms with van der Waals surface area (Å²) in [5, 5.41) is 29.6. The van der Waals surface area contributed by atoms with Crippen molar-refractivity contribution in [2.45, 2.75) is 38.1 Å². The van der Waals surface area contributed by atoms with E-state index >= 15 is 0 Å². The van der Waals surface area contributed by atoms with Crippen molar-refractivity contribution in [3.8, 4) is 5.75 Å². The average Bonchev–Trinajstić information content (AvgIpc) is 2.52. The number of fused-ring (bicyclic) bond motifs is 1. The Kier molecular flexibility index (Phi) is 5.89. The molecular formula is C18H20O6. The molecule has 1 aromatic carbocycles. The third kappa shape index (κ3) is 4.31. The molecule has 2 rings (SSSR count). The number of cyclic esters (lactones) is 1. The van der Waals surface area contributed by atoms with E-state index in [1.807, 2.05) is 0 Å². The number of aliphatic hydroxyl groups excluding tert-OH is 2. The molecule has 3 atom stereocenters. The van der Waals surface area contributed by atoms with Crippen LogP contribution in [0.25, 0.3) is 6.08 Å². The van der Waals surface area contributed by atoms with Gasteiger partial charge in [0, 0.05) is 6.42 Å². The number of aromatic hydroxyl groups is 1. The smallest absolute Gasteiger partial charge is 0.342 e. The van der Waals surface area contributed by atoms with E-state index in [0.717, 1.165) is 0 Å². The molecule has 0 radical (unpaired) electrons. The second-order valence-electron chi connectivity index (χ2n) is 5.65. The van der Waals surface area contributed by atoms with Crippen molar-refractivity contribution in [3.05, 3.63) is 47.6 Å². The van der Waals surface area contributed by atoms with Gasteiger partial charge in [0.25, 0.3) is 0 Å². The lowest BCUT2D eigenvalue weighted by Crippen LogP contribution is -2.32. The normalized spacial score (nSPS) is 28.4. The molecule has 0 fully saturated rings. The molecule has 128 valence electrons. The van der Waals surface area contributed by atoms with Crippen molar-refractivity contribution in [1.82, 2.24) is 0 Å². The third-order valence-electron chi connectivity index (χ3n) is 3.67. The molecule has 0 unspecified atom stereocenters. The van der Waals surface area contributed by atoms with Gasteiger partial charge in [0.1, 0.15) is 23.5 Å². The molecule has 0 bridgehead atoms. The zero-order valence-corrected chi connectivity index (χ0v) is 13.3. The van der Waals surface area contributed by atoms with Crippen LogP contribution in [0.3, 0.4) is 0 Å². The zero-order valence-electron chi connectivity index (χ0n) is 13.3. The predicted octanol–water partition coefficient (Wildman–Crippen LogP) is 1.59.